The third-order valence-corrected chi connectivity index (χ3v) is 5.42. The van der Waals surface area contributed by atoms with E-state index in [0.29, 0.717) is 16.5 Å². The highest BCUT2D eigenvalue weighted by Crippen LogP contribution is 2.45. The fourth-order valence-corrected chi connectivity index (χ4v) is 4.26. The van der Waals surface area contributed by atoms with Gasteiger partial charge in [-0.1, -0.05) is 65.5 Å². The van der Waals surface area contributed by atoms with Crippen LogP contribution in [0.4, 0.5) is 5.69 Å². The van der Waals surface area contributed by atoms with Crippen LogP contribution >= 0.6 is 23.2 Å². The molecule has 0 saturated carbocycles. The van der Waals surface area contributed by atoms with Gasteiger partial charge in [0.15, 0.2) is 0 Å². The smallest absolute Gasteiger partial charge is 0.228 e. The molecule has 1 aliphatic rings. The molecule has 0 fully saturated rings. The first-order valence-corrected chi connectivity index (χ1v) is 9.06. The summed E-state index contributed by atoms with van der Waals surface area (Å²) in [5.74, 6) is 2.46. The summed E-state index contributed by atoms with van der Waals surface area (Å²) in [5.41, 5.74) is 2.85. The Hall–Kier alpha value is -2.47. The first-order chi connectivity index (χ1) is 12.6. The fraction of sp³-hybridized carbons (Fsp3) is 0.136. The van der Waals surface area contributed by atoms with Crippen molar-refractivity contribution < 1.29 is 4.79 Å². The van der Waals surface area contributed by atoms with Crippen LogP contribution in [0.15, 0.2) is 54.6 Å². The van der Waals surface area contributed by atoms with Gasteiger partial charge in [0.1, 0.15) is 0 Å². The molecule has 1 atom stereocenters. The number of fused-ring (bicyclic) bond motifs is 3. The van der Waals surface area contributed by atoms with Crippen LogP contribution in [0.3, 0.4) is 0 Å². The highest BCUT2D eigenvalue weighted by Gasteiger charge is 2.34. The molecule has 0 N–H and O–H groups in total. The standard InChI is InChI=1S/C22H15Cl2NO/c1-2-11-25-20-10-7-14-5-3-4-6-16(14)22(20)18(13-21(25)26)17-9-8-15(23)12-19(17)24/h1,3-10,12,18H,11,13H2. The van der Waals surface area contributed by atoms with Crippen molar-refractivity contribution in [2.24, 2.45) is 0 Å². The lowest BCUT2D eigenvalue weighted by Gasteiger charge is -2.34. The molecular weight excluding hydrogens is 365 g/mol. The molecule has 4 rings (SSSR count). The molecule has 1 aliphatic heterocycles. The van der Waals surface area contributed by atoms with Crippen LogP contribution < -0.4 is 4.90 Å². The predicted octanol–water partition coefficient (Wildman–Crippen LogP) is 5.65. The number of hydrogen-bond acceptors (Lipinski definition) is 1. The van der Waals surface area contributed by atoms with Gasteiger partial charge in [-0.2, -0.15) is 0 Å². The molecule has 0 aliphatic carbocycles. The monoisotopic (exact) mass is 379 g/mol. The van der Waals surface area contributed by atoms with Crippen LogP contribution in [0.25, 0.3) is 10.8 Å². The van der Waals surface area contributed by atoms with Crippen molar-refractivity contribution in [1.82, 2.24) is 0 Å². The summed E-state index contributed by atoms with van der Waals surface area (Å²) in [4.78, 5) is 14.5. The predicted molar refractivity (Wildman–Crippen MR) is 108 cm³/mol. The van der Waals surface area contributed by atoms with E-state index in [2.05, 4.69) is 18.1 Å². The van der Waals surface area contributed by atoms with Gasteiger partial charge in [-0.05, 0) is 40.1 Å². The highest BCUT2D eigenvalue weighted by molar-refractivity contribution is 6.35. The minimum atomic E-state index is -0.137. The third kappa shape index (κ3) is 2.74. The van der Waals surface area contributed by atoms with Crippen LogP contribution in [-0.2, 0) is 4.79 Å². The maximum atomic E-state index is 12.8. The molecule has 3 aromatic rings. The van der Waals surface area contributed by atoms with Gasteiger partial charge < -0.3 is 4.90 Å². The topological polar surface area (TPSA) is 20.3 Å². The molecule has 0 spiro atoms. The second-order valence-corrected chi connectivity index (χ2v) is 7.17. The van der Waals surface area contributed by atoms with Gasteiger partial charge >= 0.3 is 0 Å². The molecule has 0 saturated heterocycles. The van der Waals surface area contributed by atoms with E-state index in [-0.39, 0.29) is 18.4 Å². The minimum Gasteiger partial charge on any atom is -0.300 e. The SMILES string of the molecule is C#CCN1C(=O)CC(c2ccc(Cl)cc2Cl)c2c1ccc1ccccc21. The number of carbonyl (C=O) groups excluding carboxylic acids is 1. The second kappa shape index (κ2) is 6.68. The van der Waals surface area contributed by atoms with E-state index in [1.165, 1.54) is 0 Å². The van der Waals surface area contributed by atoms with E-state index in [1.807, 2.05) is 36.4 Å². The number of halogens is 2. The molecule has 0 aromatic heterocycles. The van der Waals surface area contributed by atoms with Crippen LogP contribution in [0.5, 0.6) is 0 Å². The van der Waals surface area contributed by atoms with Crippen LogP contribution in [0, 0.1) is 12.3 Å². The lowest BCUT2D eigenvalue weighted by atomic mass is 9.81. The van der Waals surface area contributed by atoms with Crippen molar-refractivity contribution in [2.45, 2.75) is 12.3 Å². The molecule has 26 heavy (non-hydrogen) atoms. The summed E-state index contributed by atoms with van der Waals surface area (Å²) in [6.07, 6.45) is 5.82. The van der Waals surface area contributed by atoms with Crippen molar-refractivity contribution >= 4 is 45.6 Å². The third-order valence-electron chi connectivity index (χ3n) is 4.85. The average Bonchev–Trinajstić information content (AvgIpc) is 2.63. The Morgan fingerprint density at radius 1 is 1.12 bits per heavy atom. The zero-order valence-corrected chi connectivity index (χ0v) is 15.4. The van der Waals surface area contributed by atoms with E-state index < -0.39 is 0 Å². The molecule has 0 bridgehead atoms. The van der Waals surface area contributed by atoms with Crippen LogP contribution in [-0.4, -0.2) is 12.5 Å². The van der Waals surface area contributed by atoms with Crippen molar-refractivity contribution in [3.05, 3.63) is 75.8 Å². The van der Waals surface area contributed by atoms with Crippen LogP contribution in [0.2, 0.25) is 10.0 Å². The van der Waals surface area contributed by atoms with Crippen molar-refractivity contribution in [3.63, 3.8) is 0 Å². The van der Waals surface area contributed by atoms with Gasteiger partial charge in [0.25, 0.3) is 0 Å². The summed E-state index contributed by atoms with van der Waals surface area (Å²) in [6, 6.07) is 17.6. The maximum Gasteiger partial charge on any atom is 0.228 e. The number of nitrogens with zero attached hydrogens (tertiary/aromatic N) is 1. The molecule has 1 unspecified atom stereocenters. The first-order valence-electron chi connectivity index (χ1n) is 8.30. The largest absolute Gasteiger partial charge is 0.300 e. The lowest BCUT2D eigenvalue weighted by Crippen LogP contribution is -2.37. The zero-order chi connectivity index (χ0) is 18.3. The number of anilines is 1. The number of benzene rings is 3. The Bertz CT molecular complexity index is 1070. The number of carbonyl (C=O) groups is 1. The molecule has 2 nitrogen and oxygen atoms in total. The van der Waals surface area contributed by atoms with Gasteiger partial charge in [0.2, 0.25) is 5.91 Å². The molecule has 3 aromatic carbocycles. The van der Waals surface area contributed by atoms with E-state index in [0.717, 1.165) is 27.6 Å². The van der Waals surface area contributed by atoms with E-state index in [4.69, 9.17) is 29.6 Å². The molecular formula is C22H15Cl2NO. The minimum absolute atomic E-state index is 0.00162. The Balaban J connectivity index is 2.01. The summed E-state index contributed by atoms with van der Waals surface area (Å²) in [6.45, 7) is 0.255. The average molecular weight is 380 g/mol. The van der Waals surface area contributed by atoms with Gasteiger partial charge in [0, 0.05) is 28.1 Å². The second-order valence-electron chi connectivity index (χ2n) is 6.33. The number of terminal acetylenes is 1. The number of hydrogen-bond donors (Lipinski definition) is 0. The normalized spacial score (nSPS) is 16.4. The molecule has 4 heteroatoms. The number of amides is 1. The van der Waals surface area contributed by atoms with Crippen molar-refractivity contribution in [3.8, 4) is 12.3 Å². The Morgan fingerprint density at radius 3 is 2.69 bits per heavy atom. The van der Waals surface area contributed by atoms with Crippen molar-refractivity contribution in [1.29, 1.82) is 0 Å². The van der Waals surface area contributed by atoms with Crippen LogP contribution in [0.1, 0.15) is 23.5 Å². The summed E-state index contributed by atoms with van der Waals surface area (Å²) < 4.78 is 0. The van der Waals surface area contributed by atoms with Gasteiger partial charge in [0.05, 0.1) is 6.54 Å². The van der Waals surface area contributed by atoms with Gasteiger partial charge in [-0.25, -0.2) is 0 Å². The lowest BCUT2D eigenvalue weighted by molar-refractivity contribution is -0.119. The van der Waals surface area contributed by atoms with Gasteiger partial charge in [-0.3, -0.25) is 4.79 Å². The van der Waals surface area contributed by atoms with Crippen molar-refractivity contribution in [2.75, 3.05) is 11.4 Å². The molecule has 1 heterocycles. The summed E-state index contributed by atoms with van der Waals surface area (Å²) in [5, 5.41) is 3.37. The van der Waals surface area contributed by atoms with E-state index in [1.54, 1.807) is 11.0 Å². The Morgan fingerprint density at radius 2 is 1.92 bits per heavy atom. The Labute approximate surface area is 162 Å². The van der Waals surface area contributed by atoms with E-state index >= 15 is 0 Å². The van der Waals surface area contributed by atoms with E-state index in [9.17, 15) is 4.79 Å². The molecule has 128 valence electrons. The quantitative estimate of drug-likeness (QED) is 0.526. The maximum absolute atomic E-state index is 12.8. The summed E-state index contributed by atoms with van der Waals surface area (Å²) in [7, 11) is 0. The number of rotatable bonds is 2. The molecule has 1 amide bonds. The Kier molecular flexibility index (Phi) is 4.36. The fourth-order valence-electron chi connectivity index (χ4n) is 3.72. The van der Waals surface area contributed by atoms with Gasteiger partial charge in [-0.15, -0.1) is 6.42 Å². The summed E-state index contributed by atoms with van der Waals surface area (Å²) >= 11 is 12.5. The zero-order valence-electron chi connectivity index (χ0n) is 13.9. The molecule has 0 radical (unpaired) electrons. The first kappa shape index (κ1) is 17.0. The highest BCUT2D eigenvalue weighted by atomic mass is 35.5.